The second kappa shape index (κ2) is 9.46. The van der Waals surface area contributed by atoms with Crippen LogP contribution in [0.15, 0.2) is 42.5 Å². The third-order valence-corrected chi connectivity index (χ3v) is 5.07. The third-order valence-electron chi connectivity index (χ3n) is 5.07. The van der Waals surface area contributed by atoms with Crippen molar-refractivity contribution >= 4 is 5.91 Å². The number of methoxy groups -OCH3 is 3. The number of rotatable bonds is 10. The predicted octanol–water partition coefficient (Wildman–Crippen LogP) is 1.58. The fraction of sp³-hybridized carbons (Fsp3) is 0.409. The van der Waals surface area contributed by atoms with Crippen LogP contribution in [0.2, 0.25) is 0 Å². The highest BCUT2D eigenvalue weighted by Gasteiger charge is 2.34. The molecular weight excluding hydrogens is 356 g/mol. The van der Waals surface area contributed by atoms with Crippen molar-refractivity contribution in [3.8, 4) is 17.2 Å². The van der Waals surface area contributed by atoms with Crippen molar-refractivity contribution in [2.45, 2.75) is 32.0 Å². The lowest BCUT2D eigenvalue weighted by molar-refractivity contribution is -0.917. The molecule has 0 aliphatic heterocycles. The number of nitrogens with one attached hydrogen (secondary N) is 2. The Morgan fingerprint density at radius 3 is 2.25 bits per heavy atom. The molecule has 1 aliphatic rings. The van der Waals surface area contributed by atoms with Gasteiger partial charge >= 0.3 is 0 Å². The molecule has 2 aromatic rings. The van der Waals surface area contributed by atoms with Crippen molar-refractivity contribution in [2.75, 3.05) is 27.9 Å². The Morgan fingerprint density at radius 2 is 1.64 bits per heavy atom. The topological polar surface area (TPSA) is 61.2 Å². The number of carbonyl (C=O) groups excluding carboxylic acids is 1. The summed E-state index contributed by atoms with van der Waals surface area (Å²) in [5.41, 5.74) is 2.20. The second-order valence-corrected chi connectivity index (χ2v) is 7.10. The van der Waals surface area contributed by atoms with E-state index in [0.29, 0.717) is 30.6 Å². The molecule has 0 aromatic heterocycles. The molecule has 6 nitrogen and oxygen atoms in total. The standard InChI is InChI=1S/C22H28N2O4/c1-26-19-9-4-16(5-10-19)14-24(18-7-8-18)15-22(25)23-13-17-6-11-20(27-2)21(12-17)28-3/h4-6,9-12,18H,7-8,13-15H2,1-3H3,(H,23,25)/p+1. The Morgan fingerprint density at radius 1 is 0.964 bits per heavy atom. The number of benzene rings is 2. The average Bonchev–Trinajstić information content (AvgIpc) is 3.57. The second-order valence-electron chi connectivity index (χ2n) is 7.10. The van der Waals surface area contributed by atoms with E-state index in [4.69, 9.17) is 14.2 Å². The number of carbonyl (C=O) groups is 1. The van der Waals surface area contributed by atoms with Gasteiger partial charge in [-0.15, -0.1) is 0 Å². The van der Waals surface area contributed by atoms with Crippen LogP contribution in [0.3, 0.4) is 0 Å². The summed E-state index contributed by atoms with van der Waals surface area (Å²) in [5.74, 6) is 2.26. The van der Waals surface area contributed by atoms with E-state index in [-0.39, 0.29) is 5.91 Å². The van der Waals surface area contributed by atoms with E-state index in [9.17, 15) is 4.79 Å². The van der Waals surface area contributed by atoms with Crippen LogP contribution >= 0.6 is 0 Å². The molecule has 0 saturated heterocycles. The van der Waals surface area contributed by atoms with Crippen LogP contribution in [0.5, 0.6) is 17.2 Å². The number of hydrogen-bond acceptors (Lipinski definition) is 4. The zero-order chi connectivity index (χ0) is 19.9. The summed E-state index contributed by atoms with van der Waals surface area (Å²) in [4.78, 5) is 13.8. The molecule has 1 unspecified atom stereocenters. The van der Waals surface area contributed by atoms with Gasteiger partial charge < -0.3 is 24.4 Å². The van der Waals surface area contributed by atoms with Crippen molar-refractivity contribution in [1.82, 2.24) is 5.32 Å². The molecule has 0 radical (unpaired) electrons. The molecule has 1 saturated carbocycles. The Labute approximate surface area is 166 Å². The number of quaternary nitrogens is 1. The van der Waals surface area contributed by atoms with Gasteiger partial charge in [-0.05, 0) is 42.0 Å². The molecule has 1 atom stereocenters. The number of amides is 1. The van der Waals surface area contributed by atoms with Crippen LogP contribution in [0.4, 0.5) is 0 Å². The van der Waals surface area contributed by atoms with Gasteiger partial charge in [0.25, 0.3) is 5.91 Å². The van der Waals surface area contributed by atoms with Crippen molar-refractivity contribution < 1.29 is 23.9 Å². The minimum absolute atomic E-state index is 0.0604. The van der Waals surface area contributed by atoms with E-state index in [1.165, 1.54) is 23.3 Å². The molecule has 0 bridgehead atoms. The van der Waals surface area contributed by atoms with Crippen molar-refractivity contribution in [2.24, 2.45) is 0 Å². The van der Waals surface area contributed by atoms with Gasteiger partial charge in [-0.2, -0.15) is 0 Å². The first kappa shape index (κ1) is 20.0. The van der Waals surface area contributed by atoms with E-state index in [0.717, 1.165) is 17.9 Å². The zero-order valence-corrected chi connectivity index (χ0v) is 16.8. The van der Waals surface area contributed by atoms with Crippen molar-refractivity contribution in [3.63, 3.8) is 0 Å². The molecule has 6 heteroatoms. The first-order valence-corrected chi connectivity index (χ1v) is 9.58. The normalized spacial score (nSPS) is 14.2. The largest absolute Gasteiger partial charge is 0.497 e. The van der Waals surface area contributed by atoms with Gasteiger partial charge in [0.05, 0.1) is 27.4 Å². The van der Waals surface area contributed by atoms with Gasteiger partial charge in [0.2, 0.25) is 0 Å². The quantitative estimate of drug-likeness (QED) is 0.652. The molecule has 2 aromatic carbocycles. The highest BCUT2D eigenvalue weighted by atomic mass is 16.5. The molecular formula is C22H29N2O4+. The minimum atomic E-state index is 0.0604. The molecule has 0 heterocycles. The maximum absolute atomic E-state index is 12.5. The van der Waals surface area contributed by atoms with Gasteiger partial charge in [0.1, 0.15) is 12.3 Å². The number of ether oxygens (including phenoxy) is 3. The van der Waals surface area contributed by atoms with E-state index in [1.54, 1.807) is 21.3 Å². The third kappa shape index (κ3) is 5.39. The van der Waals surface area contributed by atoms with Crippen LogP contribution in [-0.2, 0) is 17.9 Å². The Bertz CT molecular complexity index is 788. The van der Waals surface area contributed by atoms with Crippen LogP contribution in [0, 0.1) is 0 Å². The fourth-order valence-electron chi connectivity index (χ4n) is 3.31. The Hall–Kier alpha value is -2.73. The predicted molar refractivity (Wildman–Crippen MR) is 107 cm³/mol. The summed E-state index contributed by atoms with van der Waals surface area (Å²) in [6.45, 7) is 1.79. The molecule has 1 amide bonds. The summed E-state index contributed by atoms with van der Waals surface area (Å²) in [5, 5.41) is 3.03. The zero-order valence-electron chi connectivity index (χ0n) is 16.8. The first-order chi connectivity index (χ1) is 13.6. The molecule has 0 spiro atoms. The lowest BCUT2D eigenvalue weighted by Gasteiger charge is -2.19. The number of hydrogen-bond donors (Lipinski definition) is 2. The van der Waals surface area contributed by atoms with Gasteiger partial charge in [-0.3, -0.25) is 4.79 Å². The van der Waals surface area contributed by atoms with Crippen LogP contribution in [0.25, 0.3) is 0 Å². The average molecular weight is 385 g/mol. The molecule has 3 rings (SSSR count). The van der Waals surface area contributed by atoms with E-state index < -0.39 is 0 Å². The molecule has 1 aliphatic carbocycles. The highest BCUT2D eigenvalue weighted by Crippen LogP contribution is 2.27. The smallest absolute Gasteiger partial charge is 0.275 e. The molecule has 150 valence electrons. The summed E-state index contributed by atoms with van der Waals surface area (Å²) in [7, 11) is 4.88. The van der Waals surface area contributed by atoms with Crippen molar-refractivity contribution in [1.29, 1.82) is 0 Å². The lowest BCUT2D eigenvalue weighted by Crippen LogP contribution is -3.13. The lowest BCUT2D eigenvalue weighted by atomic mass is 10.2. The Kier molecular flexibility index (Phi) is 6.76. The summed E-state index contributed by atoms with van der Waals surface area (Å²) in [6, 6.07) is 14.3. The van der Waals surface area contributed by atoms with Crippen LogP contribution in [0.1, 0.15) is 24.0 Å². The minimum Gasteiger partial charge on any atom is -0.497 e. The van der Waals surface area contributed by atoms with Gasteiger partial charge in [0.15, 0.2) is 18.0 Å². The van der Waals surface area contributed by atoms with Gasteiger partial charge in [-0.1, -0.05) is 6.07 Å². The Balaban J connectivity index is 1.54. The fourth-order valence-corrected chi connectivity index (χ4v) is 3.31. The summed E-state index contributed by atoms with van der Waals surface area (Å²) in [6.07, 6.45) is 2.38. The van der Waals surface area contributed by atoms with Gasteiger partial charge in [-0.25, -0.2) is 0 Å². The molecule has 2 N–H and O–H groups in total. The monoisotopic (exact) mass is 385 g/mol. The maximum Gasteiger partial charge on any atom is 0.275 e. The van der Waals surface area contributed by atoms with E-state index >= 15 is 0 Å². The van der Waals surface area contributed by atoms with E-state index in [2.05, 4.69) is 17.4 Å². The van der Waals surface area contributed by atoms with Crippen LogP contribution in [-0.4, -0.2) is 39.8 Å². The maximum atomic E-state index is 12.5. The van der Waals surface area contributed by atoms with Crippen LogP contribution < -0.4 is 24.4 Å². The SMILES string of the molecule is COc1ccc(C[NH+](CC(=O)NCc2ccc(OC)c(OC)c2)C2CC2)cc1. The van der Waals surface area contributed by atoms with Crippen molar-refractivity contribution in [3.05, 3.63) is 53.6 Å². The first-order valence-electron chi connectivity index (χ1n) is 9.58. The van der Waals surface area contributed by atoms with Gasteiger partial charge in [0, 0.05) is 24.9 Å². The van der Waals surface area contributed by atoms with E-state index in [1.807, 2.05) is 30.3 Å². The summed E-state index contributed by atoms with van der Waals surface area (Å²) >= 11 is 0. The summed E-state index contributed by atoms with van der Waals surface area (Å²) < 4.78 is 15.8. The highest BCUT2D eigenvalue weighted by molar-refractivity contribution is 5.76. The molecule has 1 fully saturated rings. The molecule has 28 heavy (non-hydrogen) atoms.